The second kappa shape index (κ2) is 9.33. The topological polar surface area (TPSA) is 64.2 Å². The van der Waals surface area contributed by atoms with Gasteiger partial charge in [-0.2, -0.15) is 17.0 Å². The minimum atomic E-state index is -3.68. The third-order valence-electron chi connectivity index (χ3n) is 5.81. The monoisotopic (exact) mass is 446 g/mol. The highest BCUT2D eigenvalue weighted by Gasteiger charge is 2.36. The van der Waals surface area contributed by atoms with E-state index in [0.717, 1.165) is 11.3 Å². The molecule has 2 aromatic carbocycles. The molecule has 9 heteroatoms. The number of nitrogens with zero attached hydrogens (tertiary/aromatic N) is 4. The van der Waals surface area contributed by atoms with Crippen molar-refractivity contribution in [1.82, 2.24) is 13.5 Å². The molecule has 0 saturated carbocycles. The fourth-order valence-electron chi connectivity index (χ4n) is 4.04. The number of carbonyl (C=O) groups is 1. The first kappa shape index (κ1) is 21.7. The smallest absolute Gasteiger partial charge is 0.282 e. The zero-order valence-corrected chi connectivity index (χ0v) is 18.2. The molecule has 0 bridgehead atoms. The van der Waals surface area contributed by atoms with Crippen LogP contribution in [-0.4, -0.2) is 73.6 Å². The molecule has 0 spiro atoms. The number of piperazine rings is 1. The van der Waals surface area contributed by atoms with Crippen LogP contribution in [0.1, 0.15) is 12.0 Å². The Balaban J connectivity index is 1.34. The van der Waals surface area contributed by atoms with Gasteiger partial charge in [-0.1, -0.05) is 30.3 Å². The van der Waals surface area contributed by atoms with Crippen LogP contribution in [0.5, 0.6) is 0 Å². The quantitative estimate of drug-likeness (QED) is 0.704. The molecule has 2 aliphatic heterocycles. The van der Waals surface area contributed by atoms with Gasteiger partial charge in [0.05, 0.1) is 6.54 Å². The van der Waals surface area contributed by atoms with Gasteiger partial charge in [0.25, 0.3) is 10.2 Å². The largest absolute Gasteiger partial charge is 0.368 e. The van der Waals surface area contributed by atoms with Gasteiger partial charge >= 0.3 is 0 Å². The first-order chi connectivity index (χ1) is 14.9. The molecule has 2 fully saturated rings. The zero-order chi connectivity index (χ0) is 21.8. The normalized spacial score (nSPS) is 20.0. The van der Waals surface area contributed by atoms with Gasteiger partial charge in [0, 0.05) is 51.5 Å². The van der Waals surface area contributed by atoms with Crippen molar-refractivity contribution in [2.75, 3.05) is 50.7 Å². The lowest BCUT2D eigenvalue weighted by Gasteiger charge is -2.38. The van der Waals surface area contributed by atoms with Gasteiger partial charge in [-0.25, -0.2) is 4.39 Å². The molecule has 166 valence electrons. The van der Waals surface area contributed by atoms with Crippen LogP contribution in [0.2, 0.25) is 0 Å². The average molecular weight is 447 g/mol. The maximum Gasteiger partial charge on any atom is 0.282 e. The van der Waals surface area contributed by atoms with Gasteiger partial charge in [-0.05, 0) is 36.2 Å². The van der Waals surface area contributed by atoms with Gasteiger partial charge in [0.1, 0.15) is 5.82 Å². The van der Waals surface area contributed by atoms with Crippen molar-refractivity contribution >= 4 is 21.8 Å². The van der Waals surface area contributed by atoms with E-state index in [1.54, 1.807) is 17.0 Å². The Morgan fingerprint density at radius 2 is 1.48 bits per heavy atom. The zero-order valence-electron chi connectivity index (χ0n) is 17.4. The molecule has 0 unspecified atom stereocenters. The van der Waals surface area contributed by atoms with Crippen molar-refractivity contribution in [1.29, 1.82) is 0 Å². The van der Waals surface area contributed by atoms with E-state index in [9.17, 15) is 17.6 Å². The number of benzene rings is 2. The highest BCUT2D eigenvalue weighted by atomic mass is 32.2. The van der Waals surface area contributed by atoms with E-state index in [-0.39, 0.29) is 18.3 Å². The minimum absolute atomic E-state index is 0.135. The predicted molar refractivity (Wildman–Crippen MR) is 117 cm³/mol. The van der Waals surface area contributed by atoms with Crippen molar-refractivity contribution in [3.05, 3.63) is 66.0 Å². The Morgan fingerprint density at radius 1 is 0.839 bits per heavy atom. The molecule has 2 aromatic rings. The van der Waals surface area contributed by atoms with Crippen molar-refractivity contribution in [2.24, 2.45) is 0 Å². The molecule has 2 saturated heterocycles. The van der Waals surface area contributed by atoms with E-state index < -0.39 is 10.2 Å². The molecule has 0 aromatic heterocycles. The lowest BCUT2D eigenvalue weighted by Crippen LogP contribution is -2.55. The van der Waals surface area contributed by atoms with E-state index in [2.05, 4.69) is 4.90 Å². The SMILES string of the molecule is O=C(CN1CCCN(Cc2ccccc2)S1(=O)=O)N1CCN(c2ccc(F)cc2)CC1. The second-order valence-electron chi connectivity index (χ2n) is 7.86. The Morgan fingerprint density at radius 3 is 2.16 bits per heavy atom. The summed E-state index contributed by atoms with van der Waals surface area (Å²) in [6.45, 7) is 3.27. The summed E-state index contributed by atoms with van der Waals surface area (Å²) < 4.78 is 42.0. The average Bonchev–Trinajstić information content (AvgIpc) is 2.78. The minimum Gasteiger partial charge on any atom is -0.368 e. The maximum absolute atomic E-state index is 13.1. The third kappa shape index (κ3) is 5.06. The number of amides is 1. The summed E-state index contributed by atoms with van der Waals surface area (Å²) in [4.78, 5) is 16.7. The molecular formula is C22H27FN4O3S. The Bertz CT molecular complexity index is 993. The van der Waals surface area contributed by atoms with Crippen LogP contribution in [0.3, 0.4) is 0 Å². The number of hydrogen-bond acceptors (Lipinski definition) is 4. The number of hydrogen-bond donors (Lipinski definition) is 0. The fourth-order valence-corrected chi connectivity index (χ4v) is 5.67. The van der Waals surface area contributed by atoms with E-state index in [0.29, 0.717) is 52.2 Å². The van der Waals surface area contributed by atoms with Crippen molar-refractivity contribution in [3.8, 4) is 0 Å². The molecule has 2 aliphatic rings. The highest BCUT2D eigenvalue weighted by molar-refractivity contribution is 7.86. The third-order valence-corrected chi connectivity index (χ3v) is 7.73. The Labute approximate surface area is 182 Å². The van der Waals surface area contributed by atoms with E-state index in [1.165, 1.54) is 20.7 Å². The van der Waals surface area contributed by atoms with Crippen LogP contribution in [0.15, 0.2) is 54.6 Å². The summed E-state index contributed by atoms with van der Waals surface area (Å²) >= 11 is 0. The number of rotatable bonds is 5. The summed E-state index contributed by atoms with van der Waals surface area (Å²) in [7, 11) is -3.68. The van der Waals surface area contributed by atoms with Crippen LogP contribution in [0.4, 0.5) is 10.1 Å². The molecule has 7 nitrogen and oxygen atoms in total. The van der Waals surface area contributed by atoms with E-state index in [4.69, 9.17) is 0 Å². The van der Waals surface area contributed by atoms with Crippen molar-refractivity contribution in [3.63, 3.8) is 0 Å². The summed E-state index contributed by atoms with van der Waals surface area (Å²) in [5.74, 6) is -0.453. The van der Waals surface area contributed by atoms with Crippen LogP contribution in [0, 0.1) is 5.82 Å². The number of anilines is 1. The Hall–Kier alpha value is -2.49. The fraction of sp³-hybridized carbons (Fsp3) is 0.409. The summed E-state index contributed by atoms with van der Waals surface area (Å²) in [5, 5.41) is 0. The predicted octanol–water partition coefficient (Wildman–Crippen LogP) is 1.93. The van der Waals surface area contributed by atoms with Crippen LogP contribution < -0.4 is 4.90 Å². The second-order valence-corrected chi connectivity index (χ2v) is 9.79. The molecule has 4 rings (SSSR count). The van der Waals surface area contributed by atoms with Gasteiger partial charge in [-0.15, -0.1) is 0 Å². The number of carbonyl (C=O) groups excluding carboxylic acids is 1. The molecule has 0 atom stereocenters. The number of halogens is 1. The summed E-state index contributed by atoms with van der Waals surface area (Å²) in [5.41, 5.74) is 1.85. The maximum atomic E-state index is 13.1. The molecule has 0 radical (unpaired) electrons. The lowest BCUT2D eigenvalue weighted by molar-refractivity contribution is -0.131. The van der Waals surface area contributed by atoms with Gasteiger partial charge in [-0.3, -0.25) is 4.79 Å². The summed E-state index contributed by atoms with van der Waals surface area (Å²) in [6, 6.07) is 15.8. The van der Waals surface area contributed by atoms with E-state index >= 15 is 0 Å². The highest BCUT2D eigenvalue weighted by Crippen LogP contribution is 2.21. The van der Waals surface area contributed by atoms with E-state index in [1.807, 2.05) is 30.3 Å². The van der Waals surface area contributed by atoms with Crippen molar-refractivity contribution < 1.29 is 17.6 Å². The first-order valence-electron chi connectivity index (χ1n) is 10.5. The molecular weight excluding hydrogens is 419 g/mol. The molecule has 0 N–H and O–H groups in total. The Kier molecular flexibility index (Phi) is 6.54. The van der Waals surface area contributed by atoms with Gasteiger partial charge < -0.3 is 9.80 Å². The van der Waals surface area contributed by atoms with Crippen LogP contribution in [-0.2, 0) is 21.5 Å². The standard InChI is InChI=1S/C22H27FN4O3S/c23-20-7-9-21(10-8-20)24-13-15-25(16-14-24)22(28)18-27-12-4-11-26(31(27,29)30)17-19-5-2-1-3-6-19/h1-3,5-10H,4,11-18H2. The molecule has 1 amide bonds. The van der Waals surface area contributed by atoms with Crippen LogP contribution >= 0.6 is 0 Å². The lowest BCUT2D eigenvalue weighted by atomic mass is 10.2. The molecule has 31 heavy (non-hydrogen) atoms. The summed E-state index contributed by atoms with van der Waals surface area (Å²) in [6.07, 6.45) is 0.692. The first-order valence-corrected chi connectivity index (χ1v) is 11.9. The van der Waals surface area contributed by atoms with Crippen LogP contribution in [0.25, 0.3) is 0 Å². The van der Waals surface area contributed by atoms with Gasteiger partial charge in [0.2, 0.25) is 5.91 Å². The van der Waals surface area contributed by atoms with Gasteiger partial charge in [0.15, 0.2) is 0 Å². The molecule has 0 aliphatic carbocycles. The molecule has 2 heterocycles. The van der Waals surface area contributed by atoms with Crippen molar-refractivity contribution in [2.45, 2.75) is 13.0 Å².